The Morgan fingerprint density at radius 1 is 0.865 bits per heavy atom. The lowest BCUT2D eigenvalue weighted by Crippen LogP contribution is -2.29. The second-order valence-corrected chi connectivity index (χ2v) is 8.64. The van der Waals surface area contributed by atoms with Gasteiger partial charge in [-0.2, -0.15) is 0 Å². The fourth-order valence-electron chi connectivity index (χ4n) is 4.22. The van der Waals surface area contributed by atoms with Crippen molar-refractivity contribution in [2.45, 2.75) is 32.7 Å². The third-order valence-corrected chi connectivity index (χ3v) is 5.94. The van der Waals surface area contributed by atoms with Crippen LogP contribution in [-0.2, 0) is 14.3 Å². The number of benzene rings is 3. The van der Waals surface area contributed by atoms with Crippen LogP contribution < -0.4 is 9.64 Å². The zero-order valence-electron chi connectivity index (χ0n) is 20.8. The summed E-state index contributed by atoms with van der Waals surface area (Å²) in [5.74, 6) is -1.87. The number of aliphatic hydroxyl groups is 1. The van der Waals surface area contributed by atoms with Crippen molar-refractivity contribution in [2.24, 2.45) is 0 Å². The van der Waals surface area contributed by atoms with Gasteiger partial charge in [0.1, 0.15) is 11.5 Å². The van der Waals surface area contributed by atoms with Gasteiger partial charge in [-0.05, 0) is 48.7 Å². The van der Waals surface area contributed by atoms with Crippen LogP contribution in [-0.4, -0.2) is 36.0 Å². The van der Waals surface area contributed by atoms with Gasteiger partial charge in [-0.1, -0.05) is 62.4 Å². The number of Topliss-reactive ketones (excluding diaryl/α,β-unsaturated/α-hetero) is 1. The molecule has 0 aliphatic carbocycles. The first-order valence-corrected chi connectivity index (χ1v) is 12.3. The second-order valence-electron chi connectivity index (χ2n) is 8.64. The SMILES string of the molecule is CCCOC(=O)c1cccc(N2C(=O)C(=O)/C(=C(/O)c3cccc(OCCC)c3)C2c2ccccc2)c1. The Morgan fingerprint density at radius 2 is 1.57 bits per heavy atom. The molecule has 0 saturated carbocycles. The van der Waals surface area contributed by atoms with Crippen LogP contribution in [0.1, 0.15) is 54.2 Å². The molecule has 37 heavy (non-hydrogen) atoms. The van der Waals surface area contributed by atoms with Gasteiger partial charge in [-0.3, -0.25) is 14.5 Å². The molecule has 1 saturated heterocycles. The van der Waals surface area contributed by atoms with Crippen LogP contribution in [0.15, 0.2) is 84.4 Å². The number of hydrogen-bond donors (Lipinski definition) is 1. The summed E-state index contributed by atoms with van der Waals surface area (Å²) in [5.41, 5.74) is 1.58. The summed E-state index contributed by atoms with van der Waals surface area (Å²) in [7, 11) is 0. The van der Waals surface area contributed by atoms with E-state index in [9.17, 15) is 19.5 Å². The molecule has 0 aromatic heterocycles. The normalized spacial score (nSPS) is 16.6. The molecule has 0 bridgehead atoms. The minimum absolute atomic E-state index is 0.0391. The molecule has 4 rings (SSSR count). The van der Waals surface area contributed by atoms with Crippen molar-refractivity contribution >= 4 is 29.1 Å². The lowest BCUT2D eigenvalue weighted by molar-refractivity contribution is -0.132. The Bertz CT molecular complexity index is 1330. The number of carbonyl (C=O) groups is 3. The molecule has 1 atom stereocenters. The average Bonchev–Trinajstić information content (AvgIpc) is 3.20. The predicted octanol–water partition coefficient (Wildman–Crippen LogP) is 5.67. The highest BCUT2D eigenvalue weighted by Crippen LogP contribution is 2.42. The number of rotatable bonds is 9. The van der Waals surface area contributed by atoms with E-state index in [1.807, 2.05) is 19.9 Å². The number of ketones is 1. The number of ether oxygens (including phenoxy) is 2. The van der Waals surface area contributed by atoms with Crippen molar-refractivity contribution in [3.8, 4) is 5.75 Å². The molecule has 1 aliphatic heterocycles. The molecule has 1 unspecified atom stereocenters. The van der Waals surface area contributed by atoms with Gasteiger partial charge in [-0.15, -0.1) is 0 Å². The molecule has 3 aromatic carbocycles. The van der Waals surface area contributed by atoms with Crippen LogP contribution in [0.2, 0.25) is 0 Å². The monoisotopic (exact) mass is 499 g/mol. The minimum atomic E-state index is -0.900. The van der Waals surface area contributed by atoms with Crippen LogP contribution in [0.25, 0.3) is 5.76 Å². The van der Waals surface area contributed by atoms with Gasteiger partial charge in [0.05, 0.1) is 30.4 Å². The lowest BCUT2D eigenvalue weighted by Gasteiger charge is -2.25. The average molecular weight is 500 g/mol. The van der Waals surface area contributed by atoms with E-state index in [2.05, 4.69) is 0 Å². The first-order valence-electron chi connectivity index (χ1n) is 12.3. The van der Waals surface area contributed by atoms with Crippen LogP contribution in [0.3, 0.4) is 0 Å². The molecule has 7 heteroatoms. The van der Waals surface area contributed by atoms with E-state index in [4.69, 9.17) is 9.47 Å². The summed E-state index contributed by atoms with van der Waals surface area (Å²) in [5, 5.41) is 11.3. The summed E-state index contributed by atoms with van der Waals surface area (Å²) < 4.78 is 10.9. The number of aliphatic hydroxyl groups excluding tert-OH is 1. The van der Waals surface area contributed by atoms with E-state index < -0.39 is 23.7 Å². The number of carbonyl (C=O) groups excluding carboxylic acids is 3. The third kappa shape index (κ3) is 5.40. The van der Waals surface area contributed by atoms with Crippen molar-refractivity contribution in [3.05, 3.63) is 101 Å². The Hall–Kier alpha value is -4.39. The number of hydrogen-bond acceptors (Lipinski definition) is 6. The Morgan fingerprint density at radius 3 is 2.30 bits per heavy atom. The van der Waals surface area contributed by atoms with Crippen molar-refractivity contribution in [3.63, 3.8) is 0 Å². The molecule has 1 N–H and O–H groups in total. The summed E-state index contributed by atoms with van der Waals surface area (Å²) in [4.78, 5) is 40.6. The van der Waals surface area contributed by atoms with Gasteiger partial charge in [-0.25, -0.2) is 4.79 Å². The molecular weight excluding hydrogens is 470 g/mol. The Balaban J connectivity index is 1.83. The Kier molecular flexibility index (Phi) is 8.03. The fourth-order valence-corrected chi connectivity index (χ4v) is 4.22. The molecule has 3 aromatic rings. The van der Waals surface area contributed by atoms with E-state index in [0.717, 1.165) is 6.42 Å². The quantitative estimate of drug-likeness (QED) is 0.177. The highest BCUT2D eigenvalue weighted by molar-refractivity contribution is 6.51. The van der Waals surface area contributed by atoms with Crippen molar-refractivity contribution in [1.29, 1.82) is 0 Å². The molecule has 1 amide bonds. The number of anilines is 1. The van der Waals surface area contributed by atoms with Gasteiger partial charge < -0.3 is 14.6 Å². The van der Waals surface area contributed by atoms with Crippen LogP contribution in [0.5, 0.6) is 5.75 Å². The number of amides is 1. The zero-order valence-corrected chi connectivity index (χ0v) is 20.8. The highest BCUT2D eigenvalue weighted by Gasteiger charge is 2.47. The predicted molar refractivity (Wildman–Crippen MR) is 140 cm³/mol. The van der Waals surface area contributed by atoms with Crippen LogP contribution >= 0.6 is 0 Å². The van der Waals surface area contributed by atoms with E-state index in [1.165, 1.54) is 11.0 Å². The van der Waals surface area contributed by atoms with Gasteiger partial charge >= 0.3 is 5.97 Å². The van der Waals surface area contributed by atoms with Crippen LogP contribution in [0, 0.1) is 0 Å². The number of nitrogens with zero attached hydrogens (tertiary/aromatic N) is 1. The van der Waals surface area contributed by atoms with E-state index >= 15 is 0 Å². The lowest BCUT2D eigenvalue weighted by atomic mass is 9.95. The molecule has 0 spiro atoms. The van der Waals surface area contributed by atoms with Crippen molar-refractivity contribution in [2.75, 3.05) is 18.1 Å². The minimum Gasteiger partial charge on any atom is -0.507 e. The maximum atomic E-state index is 13.4. The van der Waals surface area contributed by atoms with Gasteiger partial charge in [0.15, 0.2) is 0 Å². The fraction of sp³-hybridized carbons (Fsp3) is 0.233. The number of esters is 1. The summed E-state index contributed by atoms with van der Waals surface area (Å²) in [6.07, 6.45) is 1.50. The largest absolute Gasteiger partial charge is 0.507 e. The summed E-state index contributed by atoms with van der Waals surface area (Å²) in [6.45, 7) is 4.67. The standard InChI is InChI=1S/C30H29NO6/c1-3-16-36-24-15-9-12-21(19-24)27(32)25-26(20-10-6-5-7-11-20)31(29(34)28(25)33)23-14-8-13-22(18-23)30(35)37-17-4-2/h5-15,18-19,26,32H,3-4,16-17H2,1-2H3/b27-25+. The molecule has 1 aliphatic rings. The zero-order chi connectivity index (χ0) is 26.4. The molecule has 7 nitrogen and oxygen atoms in total. The topological polar surface area (TPSA) is 93.1 Å². The molecule has 0 radical (unpaired) electrons. The van der Waals surface area contributed by atoms with E-state index in [-0.39, 0.29) is 23.5 Å². The Labute approximate surface area is 215 Å². The first kappa shape index (κ1) is 25.7. The van der Waals surface area contributed by atoms with Gasteiger partial charge in [0.25, 0.3) is 11.7 Å². The molecular formula is C30H29NO6. The maximum absolute atomic E-state index is 13.4. The van der Waals surface area contributed by atoms with Crippen molar-refractivity contribution in [1.82, 2.24) is 0 Å². The van der Waals surface area contributed by atoms with E-state index in [1.54, 1.807) is 66.7 Å². The molecule has 190 valence electrons. The highest BCUT2D eigenvalue weighted by atomic mass is 16.5. The summed E-state index contributed by atoms with van der Waals surface area (Å²) >= 11 is 0. The molecule has 1 heterocycles. The second kappa shape index (κ2) is 11.6. The van der Waals surface area contributed by atoms with Gasteiger partial charge in [0.2, 0.25) is 0 Å². The van der Waals surface area contributed by atoms with Crippen molar-refractivity contribution < 1.29 is 29.0 Å². The smallest absolute Gasteiger partial charge is 0.338 e. The van der Waals surface area contributed by atoms with Gasteiger partial charge in [0, 0.05) is 11.3 Å². The third-order valence-electron chi connectivity index (χ3n) is 5.94. The molecule has 1 fully saturated rings. The van der Waals surface area contributed by atoms with E-state index in [0.29, 0.717) is 35.6 Å². The summed E-state index contributed by atoms with van der Waals surface area (Å²) in [6, 6.07) is 21.3. The maximum Gasteiger partial charge on any atom is 0.338 e. The first-order chi connectivity index (χ1) is 18.0. The van der Waals surface area contributed by atoms with Crippen LogP contribution in [0.4, 0.5) is 5.69 Å².